The molecule has 2 heterocycles. The zero-order valence-electron chi connectivity index (χ0n) is 13.5. The number of hydrogen-bond donors (Lipinski definition) is 1. The van der Waals surface area contributed by atoms with Crippen molar-refractivity contribution >= 4 is 28.6 Å². The summed E-state index contributed by atoms with van der Waals surface area (Å²) in [4.78, 5) is 32.9. The van der Waals surface area contributed by atoms with Gasteiger partial charge in [0.05, 0.1) is 16.7 Å². The first kappa shape index (κ1) is 16.1. The molecule has 1 fully saturated rings. The van der Waals surface area contributed by atoms with Crippen LogP contribution in [0.5, 0.6) is 0 Å². The van der Waals surface area contributed by atoms with Gasteiger partial charge in [0.15, 0.2) is 0 Å². The number of carbonyl (C=O) groups is 1. The van der Waals surface area contributed by atoms with Crippen molar-refractivity contribution in [1.29, 1.82) is 0 Å². The third-order valence-corrected chi connectivity index (χ3v) is 5.71. The first-order valence-corrected chi connectivity index (χ1v) is 8.95. The minimum Gasteiger partial charge on any atom is -0.343 e. The standard InChI is InChI=1S/C17H21N3O2S/c1-11-4-3-5-14-16(11)18-15(19-17(14)22)10-23-13-6-8-20(9-7-13)12(2)21/h3-5,13H,6-10H2,1-2H3,(H,18,19,22). The Kier molecular flexibility index (Phi) is 4.71. The Balaban J connectivity index is 1.67. The lowest BCUT2D eigenvalue weighted by Crippen LogP contribution is -2.37. The van der Waals surface area contributed by atoms with Crippen LogP contribution in [0.4, 0.5) is 0 Å². The molecule has 1 N–H and O–H groups in total. The van der Waals surface area contributed by atoms with Crippen molar-refractivity contribution in [2.45, 2.75) is 37.7 Å². The van der Waals surface area contributed by atoms with Gasteiger partial charge in [0.2, 0.25) is 5.91 Å². The molecule has 6 heteroatoms. The highest BCUT2D eigenvalue weighted by Crippen LogP contribution is 2.26. The van der Waals surface area contributed by atoms with Crippen LogP contribution >= 0.6 is 11.8 Å². The number of carbonyl (C=O) groups excluding carboxylic acids is 1. The quantitative estimate of drug-likeness (QED) is 0.938. The number of nitrogens with zero attached hydrogens (tertiary/aromatic N) is 2. The van der Waals surface area contributed by atoms with Crippen molar-refractivity contribution in [2.75, 3.05) is 13.1 Å². The van der Waals surface area contributed by atoms with Gasteiger partial charge in [0, 0.05) is 25.3 Å². The number of aromatic nitrogens is 2. The van der Waals surface area contributed by atoms with Crippen molar-refractivity contribution < 1.29 is 4.79 Å². The van der Waals surface area contributed by atoms with E-state index in [1.807, 2.05) is 41.8 Å². The number of piperidine rings is 1. The summed E-state index contributed by atoms with van der Waals surface area (Å²) < 4.78 is 0. The fourth-order valence-electron chi connectivity index (χ4n) is 2.95. The van der Waals surface area contributed by atoms with Crippen LogP contribution in [0.2, 0.25) is 0 Å². The molecule has 1 aromatic carbocycles. The number of rotatable bonds is 3. The van der Waals surface area contributed by atoms with Crippen LogP contribution in [-0.2, 0) is 10.5 Å². The average Bonchev–Trinajstić information content (AvgIpc) is 2.54. The van der Waals surface area contributed by atoms with Crippen LogP contribution in [-0.4, -0.2) is 39.1 Å². The monoisotopic (exact) mass is 331 g/mol. The Morgan fingerprint density at radius 1 is 1.39 bits per heavy atom. The number of H-pyrrole nitrogens is 1. The molecule has 1 amide bonds. The van der Waals surface area contributed by atoms with Gasteiger partial charge in [0.1, 0.15) is 5.82 Å². The van der Waals surface area contributed by atoms with Gasteiger partial charge in [-0.05, 0) is 31.4 Å². The molecule has 3 rings (SSSR count). The number of likely N-dealkylation sites (tertiary alicyclic amines) is 1. The molecule has 5 nitrogen and oxygen atoms in total. The maximum atomic E-state index is 12.2. The highest BCUT2D eigenvalue weighted by Gasteiger charge is 2.21. The molecule has 122 valence electrons. The van der Waals surface area contributed by atoms with Crippen molar-refractivity contribution in [3.63, 3.8) is 0 Å². The second-order valence-electron chi connectivity index (χ2n) is 6.00. The lowest BCUT2D eigenvalue weighted by Gasteiger charge is -2.30. The number of hydrogen-bond acceptors (Lipinski definition) is 4. The van der Waals surface area contributed by atoms with E-state index in [1.165, 1.54) is 0 Å². The van der Waals surface area contributed by atoms with Crippen LogP contribution in [0.1, 0.15) is 31.2 Å². The number of thioether (sulfide) groups is 1. The minimum absolute atomic E-state index is 0.0688. The van der Waals surface area contributed by atoms with E-state index in [9.17, 15) is 9.59 Å². The van der Waals surface area contributed by atoms with Gasteiger partial charge in [-0.2, -0.15) is 11.8 Å². The van der Waals surface area contributed by atoms with Gasteiger partial charge >= 0.3 is 0 Å². The maximum Gasteiger partial charge on any atom is 0.258 e. The number of amides is 1. The van der Waals surface area contributed by atoms with Crippen molar-refractivity contribution in [2.24, 2.45) is 0 Å². The summed E-state index contributed by atoms with van der Waals surface area (Å²) in [6.45, 7) is 5.25. The zero-order chi connectivity index (χ0) is 16.4. The summed E-state index contributed by atoms with van der Waals surface area (Å²) in [5.41, 5.74) is 1.74. The van der Waals surface area contributed by atoms with Crippen molar-refractivity contribution in [3.8, 4) is 0 Å². The topological polar surface area (TPSA) is 66.1 Å². The van der Waals surface area contributed by atoms with E-state index in [0.717, 1.165) is 42.8 Å². The zero-order valence-corrected chi connectivity index (χ0v) is 14.3. The number of aromatic amines is 1. The summed E-state index contributed by atoms with van der Waals surface area (Å²) in [7, 11) is 0. The summed E-state index contributed by atoms with van der Waals surface area (Å²) in [6.07, 6.45) is 2.00. The Labute approximate surface area is 139 Å². The summed E-state index contributed by atoms with van der Waals surface area (Å²) in [5.74, 6) is 1.59. The molecule has 23 heavy (non-hydrogen) atoms. The smallest absolute Gasteiger partial charge is 0.258 e. The van der Waals surface area contributed by atoms with Gasteiger partial charge < -0.3 is 9.88 Å². The summed E-state index contributed by atoms with van der Waals surface area (Å²) in [6, 6.07) is 5.66. The Bertz CT molecular complexity index is 779. The molecule has 0 aliphatic carbocycles. The Hall–Kier alpha value is -1.82. The fraction of sp³-hybridized carbons (Fsp3) is 0.471. The maximum absolute atomic E-state index is 12.2. The largest absolute Gasteiger partial charge is 0.343 e. The molecule has 0 bridgehead atoms. The van der Waals surface area contributed by atoms with Crippen molar-refractivity contribution in [1.82, 2.24) is 14.9 Å². The second-order valence-corrected chi connectivity index (χ2v) is 7.29. The number of aryl methyl sites for hydroxylation is 1. The normalized spacial score (nSPS) is 16.0. The number of nitrogens with one attached hydrogen (secondary N) is 1. The summed E-state index contributed by atoms with van der Waals surface area (Å²) in [5, 5.41) is 1.16. The van der Waals surface area contributed by atoms with E-state index < -0.39 is 0 Å². The molecular weight excluding hydrogens is 310 g/mol. The number of benzene rings is 1. The van der Waals surface area contributed by atoms with Crippen LogP contribution in [0, 0.1) is 6.92 Å². The predicted molar refractivity (Wildman–Crippen MR) is 93.7 cm³/mol. The lowest BCUT2D eigenvalue weighted by molar-refractivity contribution is -0.129. The minimum atomic E-state index is -0.0688. The lowest BCUT2D eigenvalue weighted by atomic mass is 10.1. The van der Waals surface area contributed by atoms with Gasteiger partial charge in [0.25, 0.3) is 5.56 Å². The Morgan fingerprint density at radius 3 is 2.83 bits per heavy atom. The number of fused-ring (bicyclic) bond motifs is 1. The molecule has 1 aliphatic heterocycles. The molecule has 0 spiro atoms. The molecule has 2 aromatic rings. The molecule has 1 aliphatic rings. The van der Waals surface area contributed by atoms with Gasteiger partial charge in [-0.1, -0.05) is 12.1 Å². The summed E-state index contributed by atoms with van der Waals surface area (Å²) >= 11 is 1.82. The van der Waals surface area contributed by atoms with Gasteiger partial charge in [-0.15, -0.1) is 0 Å². The van der Waals surface area contributed by atoms with Gasteiger partial charge in [-0.25, -0.2) is 4.98 Å². The first-order valence-electron chi connectivity index (χ1n) is 7.90. The van der Waals surface area contributed by atoms with Crippen LogP contribution in [0.3, 0.4) is 0 Å². The molecule has 1 aromatic heterocycles. The Morgan fingerprint density at radius 2 is 2.13 bits per heavy atom. The average molecular weight is 331 g/mol. The van der Waals surface area contributed by atoms with E-state index >= 15 is 0 Å². The van der Waals surface area contributed by atoms with Crippen molar-refractivity contribution in [3.05, 3.63) is 39.9 Å². The van der Waals surface area contributed by atoms with E-state index in [-0.39, 0.29) is 11.5 Å². The molecule has 0 radical (unpaired) electrons. The highest BCUT2D eigenvalue weighted by atomic mass is 32.2. The highest BCUT2D eigenvalue weighted by molar-refractivity contribution is 7.99. The van der Waals surface area contributed by atoms with Crippen LogP contribution in [0.25, 0.3) is 10.9 Å². The third-order valence-electron chi connectivity index (χ3n) is 4.33. The molecule has 0 atom stereocenters. The fourth-order valence-corrected chi connectivity index (χ4v) is 4.03. The van der Waals surface area contributed by atoms with E-state index in [0.29, 0.717) is 16.4 Å². The molecule has 1 saturated heterocycles. The van der Waals surface area contributed by atoms with E-state index in [2.05, 4.69) is 9.97 Å². The first-order chi connectivity index (χ1) is 11.0. The van der Waals surface area contributed by atoms with E-state index in [4.69, 9.17) is 0 Å². The van der Waals surface area contributed by atoms with Crippen LogP contribution in [0.15, 0.2) is 23.0 Å². The number of para-hydroxylation sites is 1. The molecule has 0 unspecified atom stereocenters. The van der Waals surface area contributed by atoms with Crippen LogP contribution < -0.4 is 5.56 Å². The third kappa shape index (κ3) is 3.58. The molecule has 0 saturated carbocycles. The predicted octanol–water partition coefficient (Wildman–Crippen LogP) is 2.48. The SMILES string of the molecule is CC(=O)N1CCC(SCc2nc3c(C)cccc3c(=O)[nH]2)CC1. The van der Waals surface area contributed by atoms with Gasteiger partial charge in [-0.3, -0.25) is 9.59 Å². The second kappa shape index (κ2) is 6.74. The van der Waals surface area contributed by atoms with E-state index in [1.54, 1.807) is 6.92 Å². The molecular formula is C17H21N3O2S.